The zero-order valence-electron chi connectivity index (χ0n) is 12.7. The molecule has 0 unspecified atom stereocenters. The summed E-state index contributed by atoms with van der Waals surface area (Å²) in [5.74, 6) is 3.43. The number of hydrogen-bond acceptors (Lipinski definition) is 1. The molecule has 4 bridgehead atoms. The highest BCUT2D eigenvalue weighted by Gasteiger charge is 2.51. The van der Waals surface area contributed by atoms with Crippen LogP contribution in [0.2, 0.25) is 0 Å². The molecule has 5 aliphatic rings. The fourth-order valence-corrected chi connectivity index (χ4v) is 6.23. The van der Waals surface area contributed by atoms with Gasteiger partial charge in [-0.3, -0.25) is 4.79 Å². The Morgan fingerprint density at radius 3 is 2.30 bits per heavy atom. The number of carbonyl (C=O) groups excluding carboxylic acids is 1. The smallest absolute Gasteiger partial charge is 0.159 e. The lowest BCUT2D eigenvalue weighted by atomic mass is 9.48. The van der Waals surface area contributed by atoms with Crippen molar-refractivity contribution in [2.45, 2.75) is 77.0 Å². The van der Waals surface area contributed by atoms with Gasteiger partial charge in [-0.05, 0) is 93.0 Å². The molecule has 5 aliphatic carbocycles. The van der Waals surface area contributed by atoms with Crippen LogP contribution in [0.15, 0.2) is 11.6 Å². The lowest BCUT2D eigenvalue weighted by molar-refractivity contribution is -0.124. The molecular weight excluding hydrogens is 244 g/mol. The summed E-state index contributed by atoms with van der Waals surface area (Å²) >= 11 is 0. The molecule has 0 amide bonds. The summed E-state index contributed by atoms with van der Waals surface area (Å²) in [5, 5.41) is 0. The minimum Gasteiger partial charge on any atom is -0.295 e. The Morgan fingerprint density at radius 2 is 1.65 bits per heavy atom. The van der Waals surface area contributed by atoms with Crippen molar-refractivity contribution in [1.29, 1.82) is 0 Å². The third-order valence-corrected chi connectivity index (χ3v) is 6.60. The van der Waals surface area contributed by atoms with Crippen LogP contribution in [0.5, 0.6) is 0 Å². The van der Waals surface area contributed by atoms with Crippen molar-refractivity contribution >= 4 is 5.78 Å². The van der Waals surface area contributed by atoms with Crippen LogP contribution in [0, 0.1) is 23.2 Å². The normalized spacial score (nSPS) is 43.2. The van der Waals surface area contributed by atoms with E-state index >= 15 is 0 Å². The quantitative estimate of drug-likeness (QED) is 0.702. The SMILES string of the molecule is O=C(CC12CC3CC(CC(C3)C1)C2)C1=CCCCCC1. The second kappa shape index (κ2) is 5.00. The van der Waals surface area contributed by atoms with Gasteiger partial charge < -0.3 is 0 Å². The molecular formula is C19H28O. The van der Waals surface area contributed by atoms with Crippen molar-refractivity contribution in [2.24, 2.45) is 23.2 Å². The van der Waals surface area contributed by atoms with E-state index in [1.165, 1.54) is 63.4 Å². The second-order valence-electron chi connectivity index (χ2n) is 8.35. The molecule has 110 valence electrons. The zero-order chi connectivity index (χ0) is 13.6. The molecule has 20 heavy (non-hydrogen) atoms. The summed E-state index contributed by atoms with van der Waals surface area (Å²) in [4.78, 5) is 12.8. The van der Waals surface area contributed by atoms with Crippen molar-refractivity contribution in [1.82, 2.24) is 0 Å². The fourth-order valence-electron chi connectivity index (χ4n) is 6.23. The molecule has 1 nitrogen and oxygen atoms in total. The molecule has 0 aromatic heterocycles. The van der Waals surface area contributed by atoms with Crippen molar-refractivity contribution < 1.29 is 4.79 Å². The number of ketones is 1. The van der Waals surface area contributed by atoms with Gasteiger partial charge in [0.25, 0.3) is 0 Å². The van der Waals surface area contributed by atoms with Crippen molar-refractivity contribution in [3.05, 3.63) is 11.6 Å². The highest BCUT2D eigenvalue weighted by Crippen LogP contribution is 2.61. The van der Waals surface area contributed by atoms with Gasteiger partial charge in [-0.2, -0.15) is 0 Å². The van der Waals surface area contributed by atoms with Crippen LogP contribution in [-0.2, 0) is 4.79 Å². The monoisotopic (exact) mass is 272 g/mol. The van der Waals surface area contributed by atoms with Gasteiger partial charge in [-0.25, -0.2) is 0 Å². The highest BCUT2D eigenvalue weighted by molar-refractivity contribution is 5.95. The Hall–Kier alpha value is -0.590. The van der Waals surface area contributed by atoms with Gasteiger partial charge in [0.15, 0.2) is 5.78 Å². The predicted molar refractivity (Wildman–Crippen MR) is 81.4 cm³/mol. The van der Waals surface area contributed by atoms with E-state index in [1.807, 2.05) is 0 Å². The van der Waals surface area contributed by atoms with Gasteiger partial charge in [-0.1, -0.05) is 12.5 Å². The van der Waals surface area contributed by atoms with Gasteiger partial charge in [0.2, 0.25) is 0 Å². The Kier molecular flexibility index (Phi) is 3.27. The first kappa shape index (κ1) is 13.1. The average Bonchev–Trinajstić information content (AvgIpc) is 2.65. The zero-order valence-corrected chi connectivity index (χ0v) is 12.7. The first-order valence-corrected chi connectivity index (χ1v) is 8.95. The van der Waals surface area contributed by atoms with Crippen LogP contribution >= 0.6 is 0 Å². The molecule has 0 heterocycles. The van der Waals surface area contributed by atoms with Crippen molar-refractivity contribution in [3.63, 3.8) is 0 Å². The van der Waals surface area contributed by atoms with Crippen molar-refractivity contribution in [3.8, 4) is 0 Å². The Bertz CT molecular complexity index is 396. The molecule has 4 saturated carbocycles. The lowest BCUT2D eigenvalue weighted by Crippen LogP contribution is -2.47. The summed E-state index contributed by atoms with van der Waals surface area (Å²) in [6.07, 6.45) is 17.8. The Morgan fingerprint density at radius 1 is 1.00 bits per heavy atom. The summed E-state index contributed by atoms with van der Waals surface area (Å²) in [7, 11) is 0. The first-order chi connectivity index (χ1) is 9.72. The second-order valence-corrected chi connectivity index (χ2v) is 8.35. The molecule has 0 aliphatic heterocycles. The molecule has 0 radical (unpaired) electrons. The van der Waals surface area contributed by atoms with Gasteiger partial charge in [0.1, 0.15) is 0 Å². The van der Waals surface area contributed by atoms with Gasteiger partial charge in [0, 0.05) is 6.42 Å². The lowest BCUT2D eigenvalue weighted by Gasteiger charge is -2.56. The Balaban J connectivity index is 1.48. The fraction of sp³-hybridized carbons (Fsp3) is 0.842. The summed E-state index contributed by atoms with van der Waals surface area (Å²) in [5.41, 5.74) is 1.62. The number of hydrogen-bond donors (Lipinski definition) is 0. The van der Waals surface area contributed by atoms with Crippen LogP contribution in [0.25, 0.3) is 0 Å². The molecule has 1 heteroatoms. The topological polar surface area (TPSA) is 17.1 Å². The van der Waals surface area contributed by atoms with Crippen LogP contribution < -0.4 is 0 Å². The number of Topliss-reactive ketones (excluding diaryl/α,β-unsaturated/α-hetero) is 1. The van der Waals surface area contributed by atoms with Crippen LogP contribution in [0.1, 0.15) is 77.0 Å². The summed E-state index contributed by atoms with van der Waals surface area (Å²) in [6.45, 7) is 0. The molecule has 0 atom stereocenters. The number of allylic oxidation sites excluding steroid dienone is 2. The number of rotatable bonds is 3. The van der Waals surface area contributed by atoms with Crippen LogP contribution in [0.4, 0.5) is 0 Å². The summed E-state index contributed by atoms with van der Waals surface area (Å²) < 4.78 is 0. The molecule has 4 fully saturated rings. The van der Waals surface area contributed by atoms with E-state index in [0.717, 1.165) is 37.0 Å². The molecule has 0 N–H and O–H groups in total. The van der Waals surface area contributed by atoms with E-state index in [4.69, 9.17) is 0 Å². The third-order valence-electron chi connectivity index (χ3n) is 6.60. The van der Waals surface area contributed by atoms with Crippen LogP contribution in [0.3, 0.4) is 0 Å². The summed E-state index contributed by atoms with van der Waals surface area (Å²) in [6, 6.07) is 0. The van der Waals surface area contributed by atoms with Gasteiger partial charge >= 0.3 is 0 Å². The molecule has 0 spiro atoms. The molecule has 0 aromatic carbocycles. The standard InChI is InChI=1S/C19H28O/c20-18(17-5-3-1-2-4-6-17)13-19-10-14-7-15(11-19)9-16(8-14)12-19/h5,14-16H,1-4,6-13H2. The maximum absolute atomic E-state index is 12.8. The van der Waals surface area contributed by atoms with E-state index in [9.17, 15) is 4.79 Å². The minimum absolute atomic E-state index is 0.430. The first-order valence-electron chi connectivity index (χ1n) is 8.95. The predicted octanol–water partition coefficient (Wildman–Crippen LogP) is 5.05. The maximum atomic E-state index is 12.8. The highest BCUT2D eigenvalue weighted by atomic mass is 16.1. The van der Waals surface area contributed by atoms with E-state index in [1.54, 1.807) is 0 Å². The molecule has 0 aromatic rings. The minimum atomic E-state index is 0.430. The largest absolute Gasteiger partial charge is 0.295 e. The van der Waals surface area contributed by atoms with Gasteiger partial charge in [-0.15, -0.1) is 0 Å². The van der Waals surface area contributed by atoms with Crippen LogP contribution in [-0.4, -0.2) is 5.78 Å². The van der Waals surface area contributed by atoms with E-state index in [2.05, 4.69) is 6.08 Å². The maximum Gasteiger partial charge on any atom is 0.159 e. The van der Waals surface area contributed by atoms with E-state index in [0.29, 0.717) is 11.2 Å². The average molecular weight is 272 g/mol. The van der Waals surface area contributed by atoms with E-state index < -0.39 is 0 Å². The van der Waals surface area contributed by atoms with E-state index in [-0.39, 0.29) is 0 Å². The number of carbonyl (C=O) groups is 1. The molecule has 0 saturated heterocycles. The third kappa shape index (κ3) is 2.38. The Labute approximate surface area is 123 Å². The van der Waals surface area contributed by atoms with Crippen molar-refractivity contribution in [2.75, 3.05) is 0 Å². The van der Waals surface area contributed by atoms with Gasteiger partial charge in [0.05, 0.1) is 0 Å². The molecule has 5 rings (SSSR count).